The third kappa shape index (κ3) is 5.02. The third-order valence-corrected chi connectivity index (χ3v) is 10.7. The monoisotopic (exact) mass is 630 g/mol. The van der Waals surface area contributed by atoms with E-state index in [0.29, 0.717) is 53.2 Å². The van der Waals surface area contributed by atoms with Gasteiger partial charge in [0.05, 0.1) is 10.9 Å². The molecule has 45 heavy (non-hydrogen) atoms. The maximum atomic E-state index is 16.7. The Morgan fingerprint density at radius 2 is 1.93 bits per heavy atom. The number of halogens is 2. The summed E-state index contributed by atoms with van der Waals surface area (Å²) in [4.78, 5) is 30.9. The van der Waals surface area contributed by atoms with Gasteiger partial charge in [-0.15, -0.1) is 0 Å². The smallest absolute Gasteiger partial charge is 0.407 e. The van der Waals surface area contributed by atoms with Crippen molar-refractivity contribution in [2.24, 2.45) is 11.8 Å². The highest BCUT2D eigenvalue weighted by Crippen LogP contribution is 2.43. The quantitative estimate of drug-likeness (QED) is 0.269. The van der Waals surface area contributed by atoms with E-state index in [-0.39, 0.29) is 28.9 Å². The van der Waals surface area contributed by atoms with E-state index in [2.05, 4.69) is 20.1 Å². The van der Waals surface area contributed by atoms with Crippen molar-refractivity contribution in [3.8, 4) is 17.3 Å². The Morgan fingerprint density at radius 1 is 1.13 bits per heavy atom. The normalized spacial score (nSPS) is 26.0. The largest absolute Gasteiger partial charge is 0.461 e. The number of anilines is 1. The molecule has 4 aromatic rings. The van der Waals surface area contributed by atoms with Gasteiger partial charge in [0.15, 0.2) is 5.82 Å². The van der Waals surface area contributed by atoms with Crippen molar-refractivity contribution in [2.75, 3.05) is 44.7 Å². The van der Waals surface area contributed by atoms with Gasteiger partial charge in [-0.1, -0.05) is 41.9 Å². The second-order valence-corrected chi connectivity index (χ2v) is 13.6. The number of amides is 1. The Labute approximate surface area is 266 Å². The van der Waals surface area contributed by atoms with Crippen LogP contribution in [0.15, 0.2) is 42.6 Å². The van der Waals surface area contributed by atoms with Crippen molar-refractivity contribution in [3.05, 3.63) is 53.4 Å². The lowest BCUT2D eigenvalue weighted by Crippen LogP contribution is -2.43. The van der Waals surface area contributed by atoms with Crippen LogP contribution in [0.3, 0.4) is 0 Å². The molecular weight excluding hydrogens is 595 g/mol. The molecule has 234 valence electrons. The summed E-state index contributed by atoms with van der Waals surface area (Å²) in [6, 6.07) is 11.5. The van der Waals surface area contributed by atoms with Crippen molar-refractivity contribution in [2.45, 2.75) is 50.2 Å². The van der Waals surface area contributed by atoms with Crippen molar-refractivity contribution in [3.63, 3.8) is 0 Å². The number of fused-ring (bicyclic) bond motifs is 5. The SMILES string of the molecule is CNC(=O)O[C@@H]1CN2CCC[C@]2(COc2nc(N3CC4CCC(C4)C3)c3cnc(-c4cccc5cccc(Cl)c45)c(F)c3n2)C1. The minimum atomic E-state index is -0.519. The van der Waals surface area contributed by atoms with Crippen LogP contribution in [0.4, 0.5) is 15.0 Å². The van der Waals surface area contributed by atoms with E-state index in [1.165, 1.54) is 19.3 Å². The van der Waals surface area contributed by atoms with Gasteiger partial charge in [0, 0.05) is 55.3 Å². The molecule has 1 aliphatic carbocycles. The molecule has 5 heterocycles. The van der Waals surface area contributed by atoms with Crippen LogP contribution in [0, 0.1) is 17.7 Å². The van der Waals surface area contributed by atoms with Crippen LogP contribution in [-0.4, -0.2) is 77.4 Å². The molecule has 4 atom stereocenters. The highest BCUT2D eigenvalue weighted by molar-refractivity contribution is 6.36. The van der Waals surface area contributed by atoms with E-state index in [1.54, 1.807) is 13.2 Å². The second-order valence-electron chi connectivity index (χ2n) is 13.2. The number of hydrogen-bond acceptors (Lipinski definition) is 8. The summed E-state index contributed by atoms with van der Waals surface area (Å²) < 4.78 is 28.8. The van der Waals surface area contributed by atoms with Crippen molar-refractivity contribution >= 4 is 45.2 Å². The van der Waals surface area contributed by atoms with Gasteiger partial charge in [-0.2, -0.15) is 9.97 Å². The molecule has 2 unspecified atom stereocenters. The average Bonchev–Trinajstić information content (AvgIpc) is 3.70. The number of aromatic nitrogens is 3. The summed E-state index contributed by atoms with van der Waals surface area (Å²) in [5, 5.41) is 5.32. The van der Waals surface area contributed by atoms with E-state index in [4.69, 9.17) is 31.0 Å². The van der Waals surface area contributed by atoms with E-state index >= 15 is 4.39 Å². The number of nitrogens with one attached hydrogen (secondary N) is 1. The summed E-state index contributed by atoms with van der Waals surface area (Å²) in [6.45, 7) is 3.65. The molecule has 9 nitrogen and oxygen atoms in total. The van der Waals surface area contributed by atoms with E-state index in [0.717, 1.165) is 43.2 Å². The number of carbonyl (C=O) groups excluding carboxylic acids is 1. The Hall–Kier alpha value is -3.76. The van der Waals surface area contributed by atoms with E-state index in [9.17, 15) is 4.79 Å². The zero-order chi connectivity index (χ0) is 30.7. The van der Waals surface area contributed by atoms with Gasteiger partial charge in [-0.25, -0.2) is 9.18 Å². The number of nitrogens with zero attached hydrogens (tertiary/aromatic N) is 5. The molecule has 1 amide bonds. The molecule has 0 spiro atoms. The number of alkyl carbamates (subject to hydrolysis) is 1. The predicted octanol–water partition coefficient (Wildman–Crippen LogP) is 6.22. The predicted molar refractivity (Wildman–Crippen MR) is 171 cm³/mol. The number of pyridine rings is 1. The standard InChI is InChI=1S/C34H36ClFN6O3/c1-37-33(43)45-23-14-34(11-4-12-42(34)18-23)19-44-32-39-30-25(31(40-32)41-16-20-9-10-21(13-20)17-41)15-38-29(28(30)36)24-7-2-5-22-6-3-8-26(35)27(22)24/h2-3,5-8,15,20-21,23H,4,9-14,16-19H2,1H3,(H,37,43)/t20?,21?,23-,34+/m0/s1. The number of benzene rings is 2. The van der Waals surface area contributed by atoms with Crippen molar-refractivity contribution in [1.82, 2.24) is 25.2 Å². The van der Waals surface area contributed by atoms with Crippen LogP contribution in [0.5, 0.6) is 6.01 Å². The molecule has 2 aromatic carbocycles. The number of hydrogen-bond donors (Lipinski definition) is 1. The summed E-state index contributed by atoms with van der Waals surface area (Å²) in [5.41, 5.74) is 0.712. The van der Waals surface area contributed by atoms with Gasteiger partial charge >= 0.3 is 12.1 Å². The molecule has 4 fully saturated rings. The third-order valence-electron chi connectivity index (χ3n) is 10.4. The minimum Gasteiger partial charge on any atom is -0.461 e. The lowest BCUT2D eigenvalue weighted by Gasteiger charge is -2.34. The first-order valence-electron chi connectivity index (χ1n) is 16.0. The zero-order valence-corrected chi connectivity index (χ0v) is 26.0. The van der Waals surface area contributed by atoms with E-state index < -0.39 is 11.9 Å². The highest BCUT2D eigenvalue weighted by Gasteiger charge is 2.50. The first-order chi connectivity index (χ1) is 21.9. The Bertz CT molecular complexity index is 1790. The maximum Gasteiger partial charge on any atom is 0.407 e. The molecule has 2 bridgehead atoms. The summed E-state index contributed by atoms with van der Waals surface area (Å²) in [5.74, 6) is 1.37. The van der Waals surface area contributed by atoms with Gasteiger partial charge < -0.3 is 19.7 Å². The lowest BCUT2D eigenvalue weighted by atomic mass is 9.94. The van der Waals surface area contributed by atoms with Crippen molar-refractivity contribution < 1.29 is 18.7 Å². The fourth-order valence-corrected chi connectivity index (χ4v) is 8.63. The molecule has 1 saturated carbocycles. The molecule has 0 radical (unpaired) electrons. The number of rotatable bonds is 6. The molecule has 4 aliphatic rings. The first kappa shape index (κ1) is 28.7. The topological polar surface area (TPSA) is 92.7 Å². The Kier molecular flexibility index (Phi) is 7.17. The molecular formula is C34H36ClFN6O3. The van der Waals surface area contributed by atoms with Crippen LogP contribution >= 0.6 is 11.6 Å². The Balaban J connectivity index is 1.19. The molecule has 1 N–H and O–H groups in total. The molecule has 3 saturated heterocycles. The molecule has 3 aliphatic heterocycles. The number of ether oxygens (including phenoxy) is 2. The van der Waals surface area contributed by atoms with Crippen LogP contribution in [0.2, 0.25) is 5.02 Å². The number of piperidine rings is 1. The van der Waals surface area contributed by atoms with E-state index in [1.807, 2.05) is 36.4 Å². The Morgan fingerprint density at radius 3 is 2.73 bits per heavy atom. The fourth-order valence-electron chi connectivity index (χ4n) is 8.34. The van der Waals surface area contributed by atoms with Crippen LogP contribution < -0.4 is 15.0 Å². The van der Waals surface area contributed by atoms with Gasteiger partial charge in [0.1, 0.15) is 29.7 Å². The van der Waals surface area contributed by atoms with Crippen LogP contribution in [0.1, 0.15) is 38.5 Å². The molecule has 8 rings (SSSR count). The van der Waals surface area contributed by atoms with Gasteiger partial charge in [0.2, 0.25) is 0 Å². The zero-order valence-electron chi connectivity index (χ0n) is 25.3. The minimum absolute atomic E-state index is 0.152. The van der Waals surface area contributed by atoms with Gasteiger partial charge in [0.25, 0.3) is 0 Å². The van der Waals surface area contributed by atoms with Crippen LogP contribution in [-0.2, 0) is 4.74 Å². The summed E-state index contributed by atoms with van der Waals surface area (Å²) in [6.07, 6.45) is 7.34. The maximum absolute atomic E-state index is 16.7. The lowest BCUT2D eigenvalue weighted by molar-refractivity contribution is 0.0978. The molecule has 2 aromatic heterocycles. The fraction of sp³-hybridized carbons (Fsp3) is 0.471. The van der Waals surface area contributed by atoms with Crippen LogP contribution in [0.25, 0.3) is 32.9 Å². The second kappa shape index (κ2) is 11.2. The summed E-state index contributed by atoms with van der Waals surface area (Å²) in [7, 11) is 1.56. The molecule has 11 heteroatoms. The van der Waals surface area contributed by atoms with Gasteiger partial charge in [-0.05, 0) is 61.9 Å². The summed E-state index contributed by atoms with van der Waals surface area (Å²) >= 11 is 6.62. The number of carbonyl (C=O) groups is 1. The van der Waals surface area contributed by atoms with Gasteiger partial charge in [-0.3, -0.25) is 9.88 Å². The highest BCUT2D eigenvalue weighted by atomic mass is 35.5. The van der Waals surface area contributed by atoms with Crippen molar-refractivity contribution in [1.29, 1.82) is 0 Å². The average molecular weight is 631 g/mol. The first-order valence-corrected chi connectivity index (χ1v) is 16.3.